The SMILES string of the molecule is O=C(c1ccccc1)N1C[C@H]2CCN(S(=O)(=O)c3cccc(C(F)(F)F)c3)C[C@H]21. The van der Waals surface area contributed by atoms with Crippen LogP contribution < -0.4 is 0 Å². The molecule has 2 aliphatic heterocycles. The molecule has 2 heterocycles. The van der Waals surface area contributed by atoms with Gasteiger partial charge in [-0.2, -0.15) is 17.5 Å². The number of amides is 1. The summed E-state index contributed by atoms with van der Waals surface area (Å²) in [6.07, 6.45) is -4.05. The van der Waals surface area contributed by atoms with Gasteiger partial charge in [0.1, 0.15) is 0 Å². The zero-order valence-corrected chi connectivity index (χ0v) is 16.2. The number of rotatable bonds is 3. The molecule has 0 N–H and O–H groups in total. The maximum Gasteiger partial charge on any atom is 0.416 e. The number of fused-ring (bicyclic) bond motifs is 1. The third-order valence-electron chi connectivity index (χ3n) is 5.60. The first-order chi connectivity index (χ1) is 13.7. The number of nitrogens with zero attached hydrogens (tertiary/aromatic N) is 2. The van der Waals surface area contributed by atoms with Gasteiger partial charge >= 0.3 is 6.18 Å². The van der Waals surface area contributed by atoms with Gasteiger partial charge in [-0.3, -0.25) is 4.79 Å². The van der Waals surface area contributed by atoms with Crippen LogP contribution in [0.1, 0.15) is 22.3 Å². The molecular formula is C20H19F3N2O3S. The summed E-state index contributed by atoms with van der Waals surface area (Å²) in [4.78, 5) is 14.0. The van der Waals surface area contributed by atoms with E-state index in [4.69, 9.17) is 0 Å². The Labute approximate surface area is 166 Å². The van der Waals surface area contributed by atoms with E-state index in [1.54, 1.807) is 35.2 Å². The Kier molecular flexibility index (Phi) is 4.90. The molecule has 0 bridgehead atoms. The Hall–Kier alpha value is -2.39. The lowest BCUT2D eigenvalue weighted by atomic mass is 9.82. The van der Waals surface area contributed by atoms with Crippen molar-refractivity contribution in [1.82, 2.24) is 9.21 Å². The third kappa shape index (κ3) is 3.64. The summed E-state index contributed by atoms with van der Waals surface area (Å²) in [5.41, 5.74) is -0.471. The number of hydrogen-bond donors (Lipinski definition) is 0. The topological polar surface area (TPSA) is 57.7 Å². The second-order valence-corrected chi connectivity index (χ2v) is 9.27. The van der Waals surface area contributed by atoms with Gasteiger partial charge in [-0.25, -0.2) is 8.42 Å². The van der Waals surface area contributed by atoms with Gasteiger partial charge in [0, 0.05) is 25.2 Å². The lowest BCUT2D eigenvalue weighted by molar-refractivity contribution is -0.137. The van der Waals surface area contributed by atoms with E-state index in [1.165, 1.54) is 10.4 Å². The number of piperidine rings is 1. The number of likely N-dealkylation sites (tertiary alicyclic amines) is 1. The standard InChI is InChI=1S/C20H19F3N2O3S/c21-20(22,23)16-7-4-8-17(11-16)29(27,28)24-10-9-15-12-25(18(15)13-24)19(26)14-5-2-1-3-6-14/h1-8,11,15,18H,9-10,12-13H2/t15-,18-/m1/s1. The fourth-order valence-electron chi connectivity index (χ4n) is 3.95. The van der Waals surface area contributed by atoms with E-state index in [1.807, 2.05) is 0 Å². The highest BCUT2D eigenvalue weighted by Gasteiger charge is 2.47. The van der Waals surface area contributed by atoms with Crippen molar-refractivity contribution in [3.8, 4) is 0 Å². The van der Waals surface area contributed by atoms with Crippen LogP contribution in [0, 0.1) is 5.92 Å². The average Bonchev–Trinajstić information content (AvgIpc) is 2.69. The Bertz CT molecular complexity index is 1020. The van der Waals surface area contributed by atoms with Gasteiger partial charge in [-0.1, -0.05) is 24.3 Å². The maximum absolute atomic E-state index is 13.0. The third-order valence-corrected chi connectivity index (χ3v) is 7.46. The molecular weight excluding hydrogens is 405 g/mol. The second-order valence-electron chi connectivity index (χ2n) is 7.33. The van der Waals surface area contributed by atoms with Crippen LogP contribution in [0.15, 0.2) is 59.5 Å². The average molecular weight is 424 g/mol. The highest BCUT2D eigenvalue weighted by atomic mass is 32.2. The number of sulfonamides is 1. The van der Waals surface area contributed by atoms with E-state index >= 15 is 0 Å². The summed E-state index contributed by atoms with van der Waals surface area (Å²) >= 11 is 0. The molecule has 9 heteroatoms. The molecule has 1 amide bonds. The zero-order chi connectivity index (χ0) is 20.8. The number of carbonyl (C=O) groups excluding carboxylic acids is 1. The molecule has 2 aromatic rings. The molecule has 2 fully saturated rings. The Morgan fingerprint density at radius 1 is 1.00 bits per heavy atom. The van der Waals surface area contributed by atoms with Crippen molar-refractivity contribution in [3.05, 3.63) is 65.7 Å². The smallest absolute Gasteiger partial charge is 0.334 e. The van der Waals surface area contributed by atoms with Gasteiger partial charge in [-0.15, -0.1) is 0 Å². The van der Waals surface area contributed by atoms with Crippen LogP contribution in [-0.2, 0) is 16.2 Å². The van der Waals surface area contributed by atoms with Gasteiger partial charge in [0.25, 0.3) is 5.91 Å². The van der Waals surface area contributed by atoms with E-state index in [2.05, 4.69) is 0 Å². The molecule has 0 aliphatic carbocycles. The van der Waals surface area contributed by atoms with Crippen molar-refractivity contribution >= 4 is 15.9 Å². The molecule has 4 rings (SSSR count). The first-order valence-corrected chi connectivity index (χ1v) is 10.7. The van der Waals surface area contributed by atoms with Gasteiger partial charge in [0.05, 0.1) is 16.5 Å². The fourth-order valence-corrected chi connectivity index (χ4v) is 5.47. The minimum atomic E-state index is -4.62. The van der Waals surface area contributed by atoms with Crippen LogP contribution in [0.25, 0.3) is 0 Å². The maximum atomic E-state index is 13.0. The van der Waals surface area contributed by atoms with Gasteiger partial charge in [-0.05, 0) is 42.7 Å². The van der Waals surface area contributed by atoms with Crippen LogP contribution in [-0.4, -0.2) is 49.2 Å². The van der Waals surface area contributed by atoms with Crippen LogP contribution in [0.5, 0.6) is 0 Å². The number of hydrogen-bond acceptors (Lipinski definition) is 3. The predicted octanol–water partition coefficient (Wildman–Crippen LogP) is 3.24. The lowest BCUT2D eigenvalue weighted by Gasteiger charge is -2.53. The molecule has 0 spiro atoms. The van der Waals surface area contributed by atoms with Crippen molar-refractivity contribution in [2.45, 2.75) is 23.5 Å². The predicted molar refractivity (Wildman–Crippen MR) is 99.6 cm³/mol. The molecule has 0 radical (unpaired) electrons. The minimum absolute atomic E-state index is 0.0851. The highest BCUT2D eigenvalue weighted by Crippen LogP contribution is 2.36. The quantitative estimate of drug-likeness (QED) is 0.760. The fraction of sp³-hybridized carbons (Fsp3) is 0.350. The normalized spacial score (nSPS) is 22.7. The number of alkyl halides is 3. The Morgan fingerprint density at radius 2 is 1.72 bits per heavy atom. The number of halogens is 3. The van der Waals surface area contributed by atoms with Crippen molar-refractivity contribution in [3.63, 3.8) is 0 Å². The van der Waals surface area contributed by atoms with Crippen LogP contribution in [0.3, 0.4) is 0 Å². The Morgan fingerprint density at radius 3 is 2.41 bits per heavy atom. The van der Waals surface area contributed by atoms with Crippen molar-refractivity contribution in [2.24, 2.45) is 5.92 Å². The van der Waals surface area contributed by atoms with E-state index < -0.39 is 21.8 Å². The molecule has 154 valence electrons. The van der Waals surface area contributed by atoms with Crippen molar-refractivity contribution in [1.29, 1.82) is 0 Å². The summed E-state index contributed by atoms with van der Waals surface area (Å²) in [6.45, 7) is 0.880. The number of carbonyl (C=O) groups is 1. The van der Waals surface area contributed by atoms with Gasteiger partial charge < -0.3 is 4.90 Å². The summed E-state index contributed by atoms with van der Waals surface area (Å²) in [5, 5.41) is 0. The second kappa shape index (κ2) is 7.14. The summed E-state index contributed by atoms with van der Waals surface area (Å²) in [5.74, 6) is 0.0424. The molecule has 2 aliphatic rings. The van der Waals surface area contributed by atoms with Crippen molar-refractivity contribution in [2.75, 3.05) is 19.6 Å². The monoisotopic (exact) mass is 424 g/mol. The largest absolute Gasteiger partial charge is 0.416 e. The molecule has 0 aromatic heterocycles. The van der Waals surface area contributed by atoms with Gasteiger partial charge in [0.15, 0.2) is 0 Å². The molecule has 0 unspecified atom stereocenters. The zero-order valence-electron chi connectivity index (χ0n) is 15.3. The van der Waals surface area contributed by atoms with Crippen LogP contribution >= 0.6 is 0 Å². The number of benzene rings is 2. The van der Waals surface area contributed by atoms with E-state index in [9.17, 15) is 26.4 Å². The molecule has 5 nitrogen and oxygen atoms in total. The molecule has 0 saturated carbocycles. The van der Waals surface area contributed by atoms with E-state index in [0.29, 0.717) is 24.6 Å². The van der Waals surface area contributed by atoms with E-state index in [-0.39, 0.29) is 35.9 Å². The highest BCUT2D eigenvalue weighted by molar-refractivity contribution is 7.89. The summed E-state index contributed by atoms with van der Waals surface area (Å²) in [7, 11) is -4.09. The van der Waals surface area contributed by atoms with E-state index in [0.717, 1.165) is 12.1 Å². The molecule has 2 atom stereocenters. The lowest BCUT2D eigenvalue weighted by Crippen LogP contribution is -2.66. The summed E-state index contributed by atoms with van der Waals surface area (Å²) < 4.78 is 66.0. The van der Waals surface area contributed by atoms with Crippen LogP contribution in [0.2, 0.25) is 0 Å². The van der Waals surface area contributed by atoms with Crippen LogP contribution in [0.4, 0.5) is 13.2 Å². The minimum Gasteiger partial charge on any atom is -0.334 e. The summed E-state index contributed by atoms with van der Waals surface area (Å²) in [6, 6.07) is 12.2. The van der Waals surface area contributed by atoms with Crippen molar-refractivity contribution < 1.29 is 26.4 Å². The first kappa shape index (κ1) is 19.9. The molecule has 2 aromatic carbocycles. The molecule has 29 heavy (non-hydrogen) atoms. The first-order valence-electron chi connectivity index (χ1n) is 9.21. The Balaban J connectivity index is 1.54. The molecule has 2 saturated heterocycles. The van der Waals surface area contributed by atoms with Gasteiger partial charge in [0.2, 0.25) is 10.0 Å².